The van der Waals surface area contributed by atoms with Gasteiger partial charge in [0, 0.05) is 21.8 Å². The number of carbonyl (C=O) groups is 3. The summed E-state index contributed by atoms with van der Waals surface area (Å²) in [4.78, 5) is 37.6. The third-order valence-corrected chi connectivity index (χ3v) is 7.47. The van der Waals surface area contributed by atoms with E-state index in [9.17, 15) is 36.3 Å². The average molecular weight is 634 g/mol. The van der Waals surface area contributed by atoms with Crippen LogP contribution in [0, 0.1) is 0 Å². The molecule has 3 aromatic rings. The van der Waals surface area contributed by atoms with E-state index in [0.29, 0.717) is 11.3 Å². The van der Waals surface area contributed by atoms with E-state index < -0.39 is 35.9 Å². The Bertz CT molecular complexity index is 1530. The van der Waals surface area contributed by atoms with E-state index in [2.05, 4.69) is 11.4 Å². The fourth-order valence-corrected chi connectivity index (χ4v) is 5.11. The van der Waals surface area contributed by atoms with E-state index >= 15 is 0 Å². The summed E-state index contributed by atoms with van der Waals surface area (Å²) in [6.07, 6.45) is 6.35. The highest BCUT2D eigenvalue weighted by Gasteiger charge is 2.39. The fraction of sp³-hybridized carbons (Fsp3) is 0.258. The molecule has 0 unspecified atom stereocenters. The summed E-state index contributed by atoms with van der Waals surface area (Å²) in [6, 6.07) is 17.8. The van der Waals surface area contributed by atoms with Gasteiger partial charge in [-0.25, -0.2) is 9.59 Å². The Hall–Kier alpha value is -4.39. The number of anilines is 2. The van der Waals surface area contributed by atoms with Gasteiger partial charge < -0.3 is 15.7 Å². The molecule has 4 rings (SSSR count). The molecule has 3 N–H and O–H groups in total. The molecule has 44 heavy (non-hydrogen) atoms. The molecule has 3 aromatic carbocycles. The first-order valence-electron chi connectivity index (χ1n) is 13.5. The third-order valence-electron chi connectivity index (χ3n) is 6.75. The molecule has 3 amide bonds. The molecule has 0 aliphatic heterocycles. The Balaban J connectivity index is 1.54. The van der Waals surface area contributed by atoms with Gasteiger partial charge in [-0.3, -0.25) is 9.69 Å². The average Bonchev–Trinajstić information content (AvgIpc) is 2.99. The van der Waals surface area contributed by atoms with Crippen LogP contribution in [0.2, 0.25) is 0 Å². The molecule has 0 spiro atoms. The van der Waals surface area contributed by atoms with Crippen LogP contribution in [0.3, 0.4) is 0 Å². The smallest absolute Gasteiger partial charge is 0.446 e. The molecule has 0 saturated carbocycles. The fourth-order valence-electron chi connectivity index (χ4n) is 4.51. The number of nitrogens with zero attached hydrogens (tertiary/aromatic N) is 1. The number of halogens is 5. The minimum atomic E-state index is -4.50. The van der Waals surface area contributed by atoms with E-state index in [4.69, 9.17) is 5.11 Å². The lowest BCUT2D eigenvalue weighted by molar-refractivity contribution is -0.163. The van der Waals surface area contributed by atoms with Crippen molar-refractivity contribution >= 4 is 46.6 Å². The summed E-state index contributed by atoms with van der Waals surface area (Å²) in [5, 5.41) is 13.1. The van der Waals surface area contributed by atoms with Crippen LogP contribution in [-0.4, -0.2) is 41.0 Å². The minimum absolute atomic E-state index is 0.00460. The van der Waals surface area contributed by atoms with Gasteiger partial charge in [-0.2, -0.15) is 22.0 Å². The number of rotatable bonds is 10. The molecule has 0 heterocycles. The van der Waals surface area contributed by atoms with Crippen LogP contribution < -0.4 is 15.5 Å². The molecule has 0 atom stereocenters. The van der Waals surface area contributed by atoms with Gasteiger partial charge in [-0.05, 0) is 96.6 Å². The number of carboxylic acid groups (broad SMARTS) is 1. The molecule has 232 valence electrons. The van der Waals surface area contributed by atoms with Gasteiger partial charge in [0.25, 0.3) is 5.91 Å². The van der Waals surface area contributed by atoms with Crippen LogP contribution >= 0.6 is 11.8 Å². The number of nitrogens with one attached hydrogen (secondary N) is 2. The number of hydrogen-bond acceptors (Lipinski definition) is 4. The topological polar surface area (TPSA) is 98.7 Å². The van der Waals surface area contributed by atoms with Crippen LogP contribution in [0.15, 0.2) is 83.8 Å². The molecule has 13 heteroatoms. The second-order valence-corrected chi connectivity index (χ2v) is 11.1. The second kappa shape index (κ2) is 13.9. The van der Waals surface area contributed by atoms with Crippen molar-refractivity contribution in [3.63, 3.8) is 0 Å². The van der Waals surface area contributed by atoms with Gasteiger partial charge in [0.2, 0.25) is 0 Å². The zero-order chi connectivity index (χ0) is 31.9. The van der Waals surface area contributed by atoms with E-state index in [1.165, 1.54) is 59.0 Å². The van der Waals surface area contributed by atoms with Gasteiger partial charge in [-0.15, -0.1) is 0 Å². The lowest BCUT2D eigenvalue weighted by atomic mass is 9.93. The molecule has 7 nitrogen and oxygen atoms in total. The normalized spacial score (nSPS) is 13.5. The third kappa shape index (κ3) is 9.06. The number of carboxylic acids is 1. The maximum Gasteiger partial charge on any atom is 0.446 e. The lowest BCUT2D eigenvalue weighted by Gasteiger charge is -2.24. The Labute approximate surface area is 254 Å². The van der Waals surface area contributed by atoms with Crippen LogP contribution in [0.4, 0.5) is 38.1 Å². The summed E-state index contributed by atoms with van der Waals surface area (Å²) < 4.78 is 65.3. The first-order chi connectivity index (χ1) is 20.8. The number of aliphatic carboxylic acids is 1. The Morgan fingerprint density at radius 1 is 0.909 bits per heavy atom. The first kappa shape index (κ1) is 32.5. The summed E-state index contributed by atoms with van der Waals surface area (Å²) in [6.45, 7) is -1.39. The monoisotopic (exact) mass is 633 g/mol. The highest BCUT2D eigenvalue weighted by Crippen LogP contribution is 2.37. The van der Waals surface area contributed by atoms with Gasteiger partial charge >= 0.3 is 23.4 Å². The molecule has 0 aromatic heterocycles. The van der Waals surface area contributed by atoms with Crippen LogP contribution in [0.5, 0.6) is 0 Å². The van der Waals surface area contributed by atoms with E-state index in [1.807, 2.05) is 17.4 Å². The summed E-state index contributed by atoms with van der Waals surface area (Å²) in [5.74, 6) is -7.39. The Morgan fingerprint density at radius 2 is 1.61 bits per heavy atom. The van der Waals surface area contributed by atoms with Gasteiger partial charge in [0.15, 0.2) is 0 Å². The predicted molar refractivity (Wildman–Crippen MR) is 158 cm³/mol. The highest BCUT2D eigenvalue weighted by molar-refractivity contribution is 8.00. The van der Waals surface area contributed by atoms with Crippen LogP contribution in [0.1, 0.15) is 47.2 Å². The summed E-state index contributed by atoms with van der Waals surface area (Å²) >= 11 is -0.299. The Morgan fingerprint density at radius 3 is 2.23 bits per heavy atom. The summed E-state index contributed by atoms with van der Waals surface area (Å²) in [5.41, 5.74) is -1.06. The molecular formula is C31H28F5N3O4S. The molecule has 0 radical (unpaired) electrons. The standard InChI is InChI=1S/C31H28F5N3O4S/c32-30(33,28(41)42)19-37-27(40)23-11-9-20(10-12-23)18-39(25-15-13-22(14-16-25)21-5-2-1-3-6-21)29(43)38-24-7-4-8-26(17-24)44-31(34,35)36/h4-5,7-17H,1-3,6,18-19H2,(H,37,40)(H,38,43)(H,41,42). The van der Waals surface area contributed by atoms with Gasteiger partial charge in [0.1, 0.15) is 0 Å². The van der Waals surface area contributed by atoms with Crippen molar-refractivity contribution in [2.24, 2.45) is 0 Å². The number of allylic oxidation sites excluding steroid dienone is 2. The molecule has 1 aliphatic carbocycles. The van der Waals surface area contributed by atoms with Crippen molar-refractivity contribution < 1.29 is 41.4 Å². The van der Waals surface area contributed by atoms with Crippen LogP contribution in [-0.2, 0) is 11.3 Å². The number of hydrogen-bond donors (Lipinski definition) is 3. The number of carbonyl (C=O) groups excluding carboxylic acids is 2. The number of urea groups is 1. The predicted octanol–water partition coefficient (Wildman–Crippen LogP) is 7.94. The van der Waals surface area contributed by atoms with E-state index in [1.54, 1.807) is 12.1 Å². The largest absolute Gasteiger partial charge is 0.477 e. The molecule has 0 bridgehead atoms. The van der Waals surface area contributed by atoms with E-state index in [-0.39, 0.29) is 34.5 Å². The molecule has 0 fully saturated rings. The quantitative estimate of drug-likeness (QED) is 0.156. The highest BCUT2D eigenvalue weighted by atomic mass is 32.2. The zero-order valence-electron chi connectivity index (χ0n) is 23.2. The molecule has 1 aliphatic rings. The molecular weight excluding hydrogens is 605 g/mol. The van der Waals surface area contributed by atoms with Crippen molar-refractivity contribution in [2.75, 3.05) is 16.8 Å². The van der Waals surface area contributed by atoms with Crippen molar-refractivity contribution in [1.29, 1.82) is 0 Å². The minimum Gasteiger partial charge on any atom is -0.477 e. The Kier molecular flexibility index (Phi) is 10.3. The summed E-state index contributed by atoms with van der Waals surface area (Å²) in [7, 11) is 0. The zero-order valence-corrected chi connectivity index (χ0v) is 24.0. The first-order valence-corrected chi connectivity index (χ1v) is 14.3. The van der Waals surface area contributed by atoms with Crippen molar-refractivity contribution in [2.45, 2.75) is 48.6 Å². The van der Waals surface area contributed by atoms with Crippen molar-refractivity contribution in [1.82, 2.24) is 5.32 Å². The lowest BCUT2D eigenvalue weighted by Crippen LogP contribution is -2.42. The van der Waals surface area contributed by atoms with Crippen molar-refractivity contribution in [3.05, 3.63) is 95.6 Å². The number of alkyl halides is 5. The maximum atomic E-state index is 13.5. The number of benzene rings is 3. The molecule has 0 saturated heterocycles. The number of thioether (sulfide) groups is 1. The van der Waals surface area contributed by atoms with Gasteiger partial charge in [0.05, 0.1) is 13.1 Å². The second-order valence-electron chi connectivity index (χ2n) is 10.0. The van der Waals surface area contributed by atoms with Crippen molar-refractivity contribution in [3.8, 4) is 0 Å². The van der Waals surface area contributed by atoms with E-state index in [0.717, 1.165) is 31.2 Å². The van der Waals surface area contributed by atoms with Gasteiger partial charge in [-0.1, -0.05) is 36.4 Å². The number of amides is 3. The SMILES string of the molecule is O=C(NCC(F)(F)C(=O)O)c1ccc(CN(C(=O)Nc2cccc(SC(F)(F)F)c2)c2ccc(C3=CCCCC3)cc2)cc1. The maximum absolute atomic E-state index is 13.5. The van der Waals surface area contributed by atoms with Crippen LogP contribution in [0.25, 0.3) is 5.57 Å².